The number of hydrogen-bond acceptors (Lipinski definition) is 9. The Morgan fingerprint density at radius 2 is 2.00 bits per heavy atom. The minimum atomic E-state index is -0.963. The first-order valence-corrected chi connectivity index (χ1v) is 13.8. The molecule has 14 heteroatoms. The zero-order valence-corrected chi connectivity index (χ0v) is 23.8. The Hall–Kier alpha value is -4.72. The van der Waals surface area contributed by atoms with E-state index in [0.29, 0.717) is 49.0 Å². The number of anilines is 2. The molecule has 218 valence electrons. The van der Waals surface area contributed by atoms with Gasteiger partial charge in [-0.1, -0.05) is 6.07 Å². The predicted molar refractivity (Wildman–Crippen MR) is 152 cm³/mol. The first kappa shape index (κ1) is 27.4. The minimum absolute atomic E-state index is 0.0446. The predicted octanol–water partition coefficient (Wildman–Crippen LogP) is 3.78. The molecule has 3 N–H and O–H groups in total. The van der Waals surface area contributed by atoms with Crippen LogP contribution in [0, 0.1) is 12.7 Å². The summed E-state index contributed by atoms with van der Waals surface area (Å²) in [6.45, 7) is 3.83. The second-order valence-electron chi connectivity index (χ2n) is 10.7. The minimum Gasteiger partial charge on any atom is -0.368 e. The number of methoxy groups -OCH3 is 1. The van der Waals surface area contributed by atoms with Crippen molar-refractivity contribution < 1.29 is 13.9 Å². The van der Waals surface area contributed by atoms with Gasteiger partial charge in [-0.05, 0) is 51.2 Å². The zero-order chi connectivity index (χ0) is 29.4. The Morgan fingerprint density at radius 1 is 1.19 bits per heavy atom. The van der Waals surface area contributed by atoms with Gasteiger partial charge in [0, 0.05) is 38.0 Å². The first-order chi connectivity index (χ1) is 20.2. The van der Waals surface area contributed by atoms with Gasteiger partial charge in [-0.3, -0.25) is 14.6 Å². The Bertz CT molecular complexity index is 1720. The lowest BCUT2D eigenvalue weighted by molar-refractivity contribution is -0.148. The van der Waals surface area contributed by atoms with Gasteiger partial charge in [0.1, 0.15) is 17.2 Å². The standard InChI is InChI=1S/C28H32FN11O2/c1-16-11-22(38-37-16)34-25-21-14-31-39(3)26(21)36-24(35-25)18-7-9-28(42-4,10-8-18)27(41)33-17(2)19-5-6-23(30-12-19)40-15-20(29)13-32-40/h5-6,11-15,17-18H,7-10H2,1-4H3,(H,33,41)(H2,34,35,36,37,38)/t17-,18-,28-/m0/s1. The number of nitrogens with zero attached hydrogens (tertiary/aromatic N) is 8. The molecule has 0 aromatic carbocycles. The summed E-state index contributed by atoms with van der Waals surface area (Å²) in [4.78, 5) is 27.6. The molecule has 13 nitrogen and oxygen atoms in total. The number of fused-ring (bicyclic) bond motifs is 1. The molecule has 1 saturated carbocycles. The van der Waals surface area contributed by atoms with Crippen LogP contribution in [0.5, 0.6) is 0 Å². The third kappa shape index (κ3) is 5.20. The molecule has 1 amide bonds. The van der Waals surface area contributed by atoms with Crippen molar-refractivity contribution in [2.24, 2.45) is 7.05 Å². The van der Waals surface area contributed by atoms with Crippen LogP contribution in [0.3, 0.4) is 0 Å². The summed E-state index contributed by atoms with van der Waals surface area (Å²) >= 11 is 0. The van der Waals surface area contributed by atoms with E-state index in [-0.39, 0.29) is 17.9 Å². The fraction of sp³-hybridized carbons (Fsp3) is 0.393. The molecular weight excluding hydrogens is 541 g/mol. The average Bonchev–Trinajstić information content (AvgIpc) is 3.73. The monoisotopic (exact) mass is 573 g/mol. The van der Waals surface area contributed by atoms with E-state index < -0.39 is 11.4 Å². The molecular formula is C28H32FN11O2. The van der Waals surface area contributed by atoms with Crippen molar-refractivity contribution in [1.82, 2.24) is 50.0 Å². The number of nitrogens with one attached hydrogen (secondary N) is 3. The maximum Gasteiger partial charge on any atom is 0.252 e. The van der Waals surface area contributed by atoms with Gasteiger partial charge in [0.05, 0.1) is 30.0 Å². The number of aromatic nitrogens is 9. The van der Waals surface area contributed by atoms with E-state index in [4.69, 9.17) is 14.7 Å². The molecule has 0 unspecified atom stereocenters. The third-order valence-electron chi connectivity index (χ3n) is 7.93. The summed E-state index contributed by atoms with van der Waals surface area (Å²) in [6, 6.07) is 5.16. The van der Waals surface area contributed by atoms with Gasteiger partial charge in [0.2, 0.25) is 0 Å². The van der Waals surface area contributed by atoms with Gasteiger partial charge in [-0.2, -0.15) is 15.3 Å². The number of hydrogen-bond donors (Lipinski definition) is 3. The lowest BCUT2D eigenvalue weighted by atomic mass is 9.77. The Balaban J connectivity index is 1.15. The smallest absolute Gasteiger partial charge is 0.252 e. The molecule has 1 aliphatic carbocycles. The normalized spacial score (nSPS) is 19.6. The first-order valence-electron chi connectivity index (χ1n) is 13.8. The van der Waals surface area contributed by atoms with Gasteiger partial charge in [0.25, 0.3) is 5.91 Å². The molecule has 0 radical (unpaired) electrons. The number of aryl methyl sites for hydroxylation is 2. The van der Waals surface area contributed by atoms with Crippen molar-refractivity contribution >= 4 is 28.6 Å². The molecule has 0 aliphatic heterocycles. The summed E-state index contributed by atoms with van der Waals surface area (Å²) in [5, 5.41) is 22.7. The van der Waals surface area contributed by atoms with Crippen molar-refractivity contribution in [1.29, 1.82) is 0 Å². The van der Waals surface area contributed by atoms with Crippen molar-refractivity contribution in [3.63, 3.8) is 0 Å². The van der Waals surface area contributed by atoms with E-state index in [1.165, 1.54) is 10.9 Å². The van der Waals surface area contributed by atoms with Crippen LogP contribution in [-0.4, -0.2) is 63.3 Å². The highest BCUT2D eigenvalue weighted by Crippen LogP contribution is 2.40. The van der Waals surface area contributed by atoms with E-state index >= 15 is 0 Å². The highest BCUT2D eigenvalue weighted by atomic mass is 19.1. The fourth-order valence-electron chi connectivity index (χ4n) is 5.41. The van der Waals surface area contributed by atoms with Gasteiger partial charge >= 0.3 is 0 Å². The highest BCUT2D eigenvalue weighted by Gasteiger charge is 2.43. The van der Waals surface area contributed by atoms with Crippen LogP contribution in [0.2, 0.25) is 0 Å². The highest BCUT2D eigenvalue weighted by molar-refractivity contribution is 5.88. The number of ether oxygens (including phenoxy) is 1. The number of amides is 1. The second kappa shape index (κ2) is 10.9. The third-order valence-corrected chi connectivity index (χ3v) is 7.93. The Kier molecular flexibility index (Phi) is 7.14. The number of rotatable bonds is 8. The van der Waals surface area contributed by atoms with E-state index in [0.717, 1.165) is 28.5 Å². The van der Waals surface area contributed by atoms with Crippen LogP contribution in [0.15, 0.2) is 43.0 Å². The van der Waals surface area contributed by atoms with Crippen molar-refractivity contribution in [2.45, 2.75) is 57.1 Å². The molecule has 5 aromatic rings. The largest absolute Gasteiger partial charge is 0.368 e. The summed E-state index contributed by atoms with van der Waals surface area (Å²) in [6.07, 6.45) is 8.15. The Labute approximate surface area is 240 Å². The van der Waals surface area contributed by atoms with E-state index in [1.54, 1.807) is 30.3 Å². The maximum absolute atomic E-state index is 13.5. The van der Waals surface area contributed by atoms with E-state index in [2.05, 4.69) is 36.0 Å². The number of carbonyl (C=O) groups is 1. The lowest BCUT2D eigenvalue weighted by Crippen LogP contribution is -2.50. The molecule has 1 aliphatic rings. The van der Waals surface area contributed by atoms with Gasteiger partial charge in [0.15, 0.2) is 23.1 Å². The average molecular weight is 574 g/mol. The molecule has 0 bridgehead atoms. The molecule has 0 saturated heterocycles. The van der Waals surface area contributed by atoms with Crippen LogP contribution in [0.4, 0.5) is 16.0 Å². The number of halogens is 1. The van der Waals surface area contributed by atoms with Crippen LogP contribution >= 0.6 is 0 Å². The summed E-state index contributed by atoms with van der Waals surface area (Å²) in [5.74, 6) is 1.92. The van der Waals surface area contributed by atoms with Crippen molar-refractivity contribution in [3.05, 3.63) is 65.9 Å². The quantitative estimate of drug-likeness (QED) is 0.252. The molecule has 5 heterocycles. The molecule has 0 spiro atoms. The fourth-order valence-corrected chi connectivity index (χ4v) is 5.41. The molecule has 6 rings (SSSR count). The van der Waals surface area contributed by atoms with Crippen LogP contribution < -0.4 is 10.6 Å². The van der Waals surface area contributed by atoms with Crippen LogP contribution in [0.25, 0.3) is 16.9 Å². The molecule has 5 aromatic heterocycles. The number of H-pyrrole nitrogens is 1. The number of carbonyl (C=O) groups excluding carboxylic acids is 1. The van der Waals surface area contributed by atoms with Crippen LogP contribution in [-0.2, 0) is 16.6 Å². The van der Waals surface area contributed by atoms with Gasteiger partial charge < -0.3 is 15.4 Å². The van der Waals surface area contributed by atoms with Gasteiger partial charge in [-0.15, -0.1) is 0 Å². The molecule has 1 fully saturated rings. The summed E-state index contributed by atoms with van der Waals surface area (Å²) < 4.78 is 22.3. The maximum atomic E-state index is 13.5. The van der Waals surface area contributed by atoms with Crippen LogP contribution in [0.1, 0.15) is 61.6 Å². The SMILES string of the molecule is CO[C@]1(C(=O)N[C@@H](C)c2ccc(-n3cc(F)cn3)nc2)CC[C@@H](c2nc(Nc3cc(C)[nH]n3)c3cnn(C)c3n2)CC1. The van der Waals surface area contributed by atoms with E-state index in [9.17, 15) is 9.18 Å². The van der Waals surface area contributed by atoms with Crippen molar-refractivity contribution in [3.8, 4) is 5.82 Å². The zero-order valence-electron chi connectivity index (χ0n) is 23.8. The number of aromatic amines is 1. The van der Waals surface area contributed by atoms with Crippen molar-refractivity contribution in [2.75, 3.05) is 12.4 Å². The Morgan fingerprint density at radius 3 is 2.64 bits per heavy atom. The topological polar surface area (TPSA) is 153 Å². The lowest BCUT2D eigenvalue weighted by Gasteiger charge is -2.38. The number of pyridine rings is 1. The summed E-state index contributed by atoms with van der Waals surface area (Å²) in [7, 11) is 3.43. The van der Waals surface area contributed by atoms with E-state index in [1.807, 2.05) is 33.0 Å². The second-order valence-corrected chi connectivity index (χ2v) is 10.7. The summed E-state index contributed by atoms with van der Waals surface area (Å²) in [5.41, 5.74) is 1.51. The van der Waals surface area contributed by atoms with Gasteiger partial charge in [-0.25, -0.2) is 24.0 Å². The molecule has 1 atom stereocenters. The molecule has 42 heavy (non-hydrogen) atoms.